The van der Waals surface area contributed by atoms with Crippen LogP contribution in [0.1, 0.15) is 17.0 Å². The van der Waals surface area contributed by atoms with Crippen LogP contribution in [0.2, 0.25) is 0 Å². The van der Waals surface area contributed by atoms with Crippen molar-refractivity contribution in [3.8, 4) is 0 Å². The fourth-order valence-corrected chi connectivity index (χ4v) is 4.11. The largest absolute Gasteiger partial charge is 0.305 e. The predicted molar refractivity (Wildman–Crippen MR) is 106 cm³/mol. The Morgan fingerprint density at radius 1 is 1.16 bits per heavy atom. The van der Waals surface area contributed by atoms with Gasteiger partial charge in [-0.1, -0.05) is 81.8 Å². The Balaban J connectivity index is 1.50. The molecule has 0 spiro atoms. The standard InChI is InChI=1S/C18H14BrClN4S/c19-14-8-6-13(7-9-14)15(20)11-17-23-24-16(21-22-18(24)25-17)10-12-4-2-1-3-5-12/h1-9,11,17,23H,10H2/b15-11+. The summed E-state index contributed by atoms with van der Waals surface area (Å²) in [7, 11) is 0. The van der Waals surface area contributed by atoms with E-state index in [2.05, 4.69) is 43.7 Å². The lowest BCUT2D eigenvalue weighted by Crippen LogP contribution is -2.19. The van der Waals surface area contributed by atoms with E-state index in [-0.39, 0.29) is 5.37 Å². The van der Waals surface area contributed by atoms with E-state index in [1.54, 1.807) is 11.8 Å². The Kier molecular flexibility index (Phi) is 4.83. The van der Waals surface area contributed by atoms with Crippen LogP contribution in [-0.4, -0.2) is 20.2 Å². The maximum absolute atomic E-state index is 6.47. The number of benzene rings is 2. The average Bonchev–Trinajstić information content (AvgIpc) is 3.18. The number of nitrogens with one attached hydrogen (secondary N) is 1. The van der Waals surface area contributed by atoms with E-state index in [0.29, 0.717) is 5.03 Å². The molecule has 4 rings (SSSR count). The number of hydrogen-bond acceptors (Lipinski definition) is 4. The van der Waals surface area contributed by atoms with E-state index in [4.69, 9.17) is 11.6 Å². The lowest BCUT2D eigenvalue weighted by atomic mass is 10.1. The maximum Gasteiger partial charge on any atom is 0.212 e. The topological polar surface area (TPSA) is 42.7 Å². The van der Waals surface area contributed by atoms with E-state index < -0.39 is 0 Å². The molecule has 0 amide bonds. The van der Waals surface area contributed by atoms with Crippen molar-refractivity contribution in [2.45, 2.75) is 17.0 Å². The zero-order chi connectivity index (χ0) is 17.2. The van der Waals surface area contributed by atoms with Gasteiger partial charge in [0.15, 0.2) is 5.82 Å². The quantitative estimate of drug-likeness (QED) is 0.636. The summed E-state index contributed by atoms with van der Waals surface area (Å²) in [5.74, 6) is 0.893. The Morgan fingerprint density at radius 3 is 2.68 bits per heavy atom. The number of fused-ring (bicyclic) bond motifs is 1. The molecule has 0 fully saturated rings. The van der Waals surface area contributed by atoms with Crippen LogP contribution in [0.25, 0.3) is 5.03 Å². The molecule has 1 aliphatic heterocycles. The Hall–Kier alpha value is -1.76. The lowest BCUT2D eigenvalue weighted by molar-refractivity contribution is 0.763. The van der Waals surface area contributed by atoms with Crippen molar-refractivity contribution >= 4 is 44.3 Å². The number of thioether (sulfide) groups is 1. The summed E-state index contributed by atoms with van der Waals surface area (Å²) in [6.45, 7) is 0. The molecule has 1 aliphatic rings. The first-order valence-electron chi connectivity index (χ1n) is 7.74. The molecule has 25 heavy (non-hydrogen) atoms. The highest BCUT2D eigenvalue weighted by Crippen LogP contribution is 2.32. The first-order chi connectivity index (χ1) is 12.2. The van der Waals surface area contributed by atoms with Gasteiger partial charge < -0.3 is 5.43 Å². The van der Waals surface area contributed by atoms with Gasteiger partial charge in [0.2, 0.25) is 5.16 Å². The predicted octanol–water partition coefficient (Wildman–Crippen LogP) is 4.89. The number of aromatic nitrogens is 3. The van der Waals surface area contributed by atoms with Crippen LogP contribution in [0.4, 0.5) is 0 Å². The summed E-state index contributed by atoms with van der Waals surface area (Å²) in [6, 6.07) is 18.2. The molecule has 1 N–H and O–H groups in total. The van der Waals surface area contributed by atoms with Crippen molar-refractivity contribution in [2.24, 2.45) is 0 Å². The van der Waals surface area contributed by atoms with Gasteiger partial charge in [0.25, 0.3) is 0 Å². The molecule has 1 aromatic heterocycles. The minimum absolute atomic E-state index is 0.0242. The smallest absolute Gasteiger partial charge is 0.212 e. The van der Waals surface area contributed by atoms with Crippen LogP contribution in [-0.2, 0) is 6.42 Å². The second-order valence-corrected chi connectivity index (χ2v) is 8.02. The average molecular weight is 434 g/mol. The number of nitrogens with zero attached hydrogens (tertiary/aromatic N) is 3. The first-order valence-corrected chi connectivity index (χ1v) is 9.79. The van der Waals surface area contributed by atoms with Gasteiger partial charge in [-0.25, -0.2) is 4.68 Å². The first kappa shape index (κ1) is 16.7. The Labute approximate surface area is 163 Å². The van der Waals surface area contributed by atoms with Gasteiger partial charge in [0.05, 0.1) is 0 Å². The van der Waals surface area contributed by atoms with Crippen molar-refractivity contribution < 1.29 is 0 Å². The lowest BCUT2D eigenvalue weighted by Gasteiger charge is -2.09. The summed E-state index contributed by atoms with van der Waals surface area (Å²) in [6.07, 6.45) is 2.73. The molecule has 126 valence electrons. The molecule has 0 aliphatic carbocycles. The Bertz CT molecular complexity index is 909. The minimum atomic E-state index is 0.0242. The van der Waals surface area contributed by atoms with E-state index in [1.165, 1.54) is 5.56 Å². The molecule has 2 aromatic carbocycles. The van der Waals surface area contributed by atoms with E-state index in [9.17, 15) is 0 Å². The molecule has 1 atom stereocenters. The van der Waals surface area contributed by atoms with Crippen LogP contribution >= 0.6 is 39.3 Å². The normalized spacial score (nSPS) is 16.6. The van der Waals surface area contributed by atoms with Crippen LogP contribution in [0.15, 0.2) is 70.3 Å². The van der Waals surface area contributed by atoms with E-state index in [0.717, 1.165) is 27.4 Å². The van der Waals surface area contributed by atoms with E-state index >= 15 is 0 Å². The van der Waals surface area contributed by atoms with Crippen molar-refractivity contribution in [2.75, 3.05) is 5.43 Å². The highest BCUT2D eigenvalue weighted by molar-refractivity contribution is 9.10. The van der Waals surface area contributed by atoms with Crippen molar-refractivity contribution in [1.29, 1.82) is 0 Å². The fraction of sp³-hybridized carbons (Fsp3) is 0.111. The highest BCUT2D eigenvalue weighted by Gasteiger charge is 2.25. The molecule has 0 bridgehead atoms. The molecule has 1 unspecified atom stereocenters. The van der Waals surface area contributed by atoms with Crippen LogP contribution < -0.4 is 5.43 Å². The minimum Gasteiger partial charge on any atom is -0.305 e. The molecular weight excluding hydrogens is 420 g/mol. The van der Waals surface area contributed by atoms with Gasteiger partial charge in [-0.05, 0) is 29.3 Å². The van der Waals surface area contributed by atoms with Crippen molar-refractivity contribution in [3.63, 3.8) is 0 Å². The van der Waals surface area contributed by atoms with Crippen molar-refractivity contribution in [3.05, 3.63) is 82.1 Å². The molecule has 2 heterocycles. The fourth-order valence-electron chi connectivity index (χ4n) is 2.58. The molecule has 4 nitrogen and oxygen atoms in total. The molecule has 0 saturated carbocycles. The second-order valence-electron chi connectivity index (χ2n) is 5.59. The Morgan fingerprint density at radius 2 is 1.92 bits per heavy atom. The van der Waals surface area contributed by atoms with Crippen molar-refractivity contribution in [1.82, 2.24) is 14.9 Å². The van der Waals surface area contributed by atoms with Gasteiger partial charge in [0.1, 0.15) is 5.37 Å². The molecular formula is C18H14BrClN4S. The maximum atomic E-state index is 6.47. The number of halogens is 2. The monoisotopic (exact) mass is 432 g/mol. The van der Waals surface area contributed by atoms with E-state index in [1.807, 2.05) is 53.2 Å². The summed E-state index contributed by atoms with van der Waals surface area (Å²) in [5.41, 5.74) is 5.59. The number of rotatable bonds is 4. The summed E-state index contributed by atoms with van der Waals surface area (Å²) in [4.78, 5) is 0. The zero-order valence-electron chi connectivity index (χ0n) is 13.1. The van der Waals surface area contributed by atoms with Gasteiger partial charge in [-0.15, -0.1) is 10.2 Å². The summed E-state index contributed by atoms with van der Waals surface area (Å²) < 4.78 is 2.98. The third-order valence-corrected chi connectivity index (χ3v) is 5.66. The molecule has 0 radical (unpaired) electrons. The van der Waals surface area contributed by atoms with Gasteiger partial charge in [-0.3, -0.25) is 0 Å². The third-order valence-electron chi connectivity index (χ3n) is 3.81. The van der Waals surface area contributed by atoms with Gasteiger partial charge >= 0.3 is 0 Å². The summed E-state index contributed by atoms with van der Waals surface area (Å²) in [5, 5.41) is 10.1. The van der Waals surface area contributed by atoms with Crippen LogP contribution in [0, 0.1) is 0 Å². The molecule has 3 aromatic rings. The van der Waals surface area contributed by atoms with Crippen LogP contribution in [0.5, 0.6) is 0 Å². The third kappa shape index (κ3) is 3.76. The summed E-state index contributed by atoms with van der Waals surface area (Å²) >= 11 is 11.5. The zero-order valence-corrected chi connectivity index (χ0v) is 16.2. The second kappa shape index (κ2) is 7.23. The van der Waals surface area contributed by atoms with Gasteiger partial charge in [-0.2, -0.15) is 0 Å². The highest BCUT2D eigenvalue weighted by atomic mass is 79.9. The van der Waals surface area contributed by atoms with Crippen LogP contribution in [0.3, 0.4) is 0 Å². The van der Waals surface area contributed by atoms with Gasteiger partial charge in [0, 0.05) is 15.9 Å². The molecule has 0 saturated heterocycles. The molecule has 7 heteroatoms. The SMILES string of the molecule is Cl/C(=C/C1Nn2c(Cc3ccccc3)nnc2S1)c1ccc(Br)cc1. The number of hydrogen-bond donors (Lipinski definition) is 1.